The molecule has 29 heavy (non-hydrogen) atoms. The summed E-state index contributed by atoms with van der Waals surface area (Å²) in [4.78, 5) is 0. The number of ether oxygens (including phenoxy) is 2. The molecule has 1 rings (SSSR count). The van der Waals surface area contributed by atoms with Crippen molar-refractivity contribution in [2.24, 2.45) is 11.8 Å². The molecule has 0 aromatic carbocycles. The fourth-order valence-corrected chi connectivity index (χ4v) is 19.4. The number of aliphatic hydroxyl groups excluding tert-OH is 1. The summed E-state index contributed by atoms with van der Waals surface area (Å²) in [5.74, 6) is 0.499. The summed E-state index contributed by atoms with van der Waals surface area (Å²) in [7, 11) is 1.78. The van der Waals surface area contributed by atoms with Crippen LogP contribution in [0.1, 0.15) is 86.5 Å². The standard InChI is InChI=1S/C13H23O3.3C4H9.Sn/c1-6-8(3)11(14)13-12(16-13)9(4)10(7-2)15-5;3*1-3-4-2;/h1,6,8-14H,7H2,2-5H3;3*1,3-4H2,2H3;/t8-,9+,10-,11-,12+,13+;;;;/m0..../s1. The van der Waals surface area contributed by atoms with Gasteiger partial charge in [-0.3, -0.25) is 0 Å². The molecule has 0 radical (unpaired) electrons. The van der Waals surface area contributed by atoms with E-state index in [2.05, 4.69) is 51.7 Å². The first-order valence-electron chi connectivity index (χ1n) is 12.4. The van der Waals surface area contributed by atoms with Crippen LogP contribution in [-0.4, -0.2) is 55.0 Å². The number of rotatable bonds is 17. The summed E-state index contributed by atoms with van der Waals surface area (Å²) in [6.07, 6.45) is 11.3. The van der Waals surface area contributed by atoms with E-state index in [-0.39, 0.29) is 24.2 Å². The summed E-state index contributed by atoms with van der Waals surface area (Å²) in [6, 6.07) is 0. The van der Waals surface area contributed by atoms with Crippen molar-refractivity contribution in [2.75, 3.05) is 7.11 Å². The maximum atomic E-state index is 10.9. The second-order valence-electron chi connectivity index (χ2n) is 9.49. The van der Waals surface area contributed by atoms with E-state index in [9.17, 15) is 5.11 Å². The maximum absolute atomic E-state index is 10.9. The first-order chi connectivity index (χ1) is 13.9. The van der Waals surface area contributed by atoms with Gasteiger partial charge in [0.05, 0.1) is 0 Å². The van der Waals surface area contributed by atoms with Gasteiger partial charge >= 0.3 is 186 Å². The number of epoxide rings is 1. The summed E-state index contributed by atoms with van der Waals surface area (Å²) in [6.45, 7) is 13.5. The van der Waals surface area contributed by atoms with Gasteiger partial charge in [0.15, 0.2) is 0 Å². The summed E-state index contributed by atoms with van der Waals surface area (Å²) < 4.78 is 18.7. The number of hydrogen-bond donors (Lipinski definition) is 1. The first kappa shape index (κ1) is 27.5. The zero-order valence-electron chi connectivity index (χ0n) is 20.5. The van der Waals surface area contributed by atoms with Crippen LogP contribution < -0.4 is 0 Å². The van der Waals surface area contributed by atoms with Crippen LogP contribution in [0.25, 0.3) is 0 Å². The molecule has 4 heteroatoms. The van der Waals surface area contributed by atoms with Gasteiger partial charge in [-0.2, -0.15) is 0 Å². The molecule has 0 aromatic rings. The quantitative estimate of drug-likeness (QED) is 0.171. The molecule has 0 spiro atoms. The SMILES string of the molecule is CCC[CH2][Sn](/[CH]=C/[C@H](C)[C@H](O)[C@H]1O[C@@H]1[C@H](C)[C@H](CC)OC)([CH2]CCC)[CH2]CCC. The fraction of sp³-hybridized carbons (Fsp3) is 0.920. The molecule has 0 aromatic heterocycles. The van der Waals surface area contributed by atoms with Gasteiger partial charge in [-0.05, 0) is 0 Å². The topological polar surface area (TPSA) is 42.0 Å². The third-order valence-corrected chi connectivity index (χ3v) is 21.2. The Kier molecular flexibility index (Phi) is 13.7. The van der Waals surface area contributed by atoms with Crippen molar-refractivity contribution in [3.63, 3.8) is 0 Å². The molecule has 1 saturated heterocycles. The van der Waals surface area contributed by atoms with E-state index < -0.39 is 24.5 Å². The van der Waals surface area contributed by atoms with E-state index in [0.717, 1.165) is 6.42 Å². The van der Waals surface area contributed by atoms with Crippen molar-refractivity contribution >= 4 is 18.4 Å². The van der Waals surface area contributed by atoms with Crippen LogP contribution >= 0.6 is 0 Å². The summed E-state index contributed by atoms with van der Waals surface area (Å²) >= 11 is -2.27. The van der Waals surface area contributed by atoms with Gasteiger partial charge in [0, 0.05) is 0 Å². The van der Waals surface area contributed by atoms with Crippen molar-refractivity contribution < 1.29 is 14.6 Å². The molecule has 0 unspecified atom stereocenters. The van der Waals surface area contributed by atoms with Crippen molar-refractivity contribution in [1.29, 1.82) is 0 Å². The third-order valence-electron chi connectivity index (χ3n) is 7.08. The molecule has 172 valence electrons. The van der Waals surface area contributed by atoms with Gasteiger partial charge in [0.2, 0.25) is 0 Å². The molecule has 1 aliphatic rings. The Morgan fingerprint density at radius 3 is 1.86 bits per heavy atom. The van der Waals surface area contributed by atoms with Crippen LogP contribution in [0.3, 0.4) is 0 Å². The van der Waals surface area contributed by atoms with Gasteiger partial charge in [-0.25, -0.2) is 0 Å². The Labute approximate surface area is 185 Å². The Bertz CT molecular complexity index is 428. The Hall–Kier alpha value is 0.419. The Morgan fingerprint density at radius 2 is 1.45 bits per heavy atom. The molecule has 1 heterocycles. The zero-order valence-corrected chi connectivity index (χ0v) is 23.3. The van der Waals surface area contributed by atoms with Gasteiger partial charge in [-0.15, -0.1) is 0 Å². The van der Waals surface area contributed by atoms with Crippen LogP contribution in [0.5, 0.6) is 0 Å². The minimum atomic E-state index is -2.27. The molecule has 0 aliphatic carbocycles. The van der Waals surface area contributed by atoms with Crippen LogP contribution in [0.2, 0.25) is 13.3 Å². The predicted octanol–water partition coefficient (Wildman–Crippen LogP) is 6.76. The van der Waals surface area contributed by atoms with E-state index in [1.807, 2.05) is 0 Å². The monoisotopic (exact) mass is 518 g/mol. The normalized spacial score (nSPS) is 23.9. The average Bonchev–Trinajstić information content (AvgIpc) is 3.53. The predicted molar refractivity (Wildman–Crippen MR) is 128 cm³/mol. The molecular weight excluding hydrogens is 467 g/mol. The van der Waals surface area contributed by atoms with Gasteiger partial charge in [0.1, 0.15) is 0 Å². The van der Waals surface area contributed by atoms with Crippen molar-refractivity contribution in [2.45, 2.75) is 124 Å². The molecular formula is C25H50O3Sn. The number of aliphatic hydroxyl groups is 1. The molecule has 3 nitrogen and oxygen atoms in total. The second-order valence-corrected chi connectivity index (χ2v) is 22.5. The van der Waals surface area contributed by atoms with Gasteiger partial charge < -0.3 is 0 Å². The summed E-state index contributed by atoms with van der Waals surface area (Å²) in [5.41, 5.74) is 0. The van der Waals surface area contributed by atoms with Crippen LogP contribution in [0.4, 0.5) is 0 Å². The number of hydrogen-bond acceptors (Lipinski definition) is 3. The average molecular weight is 517 g/mol. The van der Waals surface area contributed by atoms with E-state index in [4.69, 9.17) is 9.47 Å². The second kappa shape index (κ2) is 14.5. The molecule has 1 fully saturated rings. The van der Waals surface area contributed by atoms with E-state index in [1.54, 1.807) is 7.11 Å². The van der Waals surface area contributed by atoms with Crippen LogP contribution in [0, 0.1) is 11.8 Å². The van der Waals surface area contributed by atoms with E-state index in [1.165, 1.54) is 51.8 Å². The molecule has 1 aliphatic heterocycles. The fourth-order valence-electron chi connectivity index (χ4n) is 4.78. The zero-order chi connectivity index (χ0) is 21.9. The van der Waals surface area contributed by atoms with Gasteiger partial charge in [0.25, 0.3) is 0 Å². The third kappa shape index (κ3) is 8.82. The first-order valence-corrected chi connectivity index (χ1v) is 20.1. The van der Waals surface area contributed by atoms with E-state index in [0.29, 0.717) is 5.92 Å². The van der Waals surface area contributed by atoms with Crippen LogP contribution in [-0.2, 0) is 9.47 Å². The summed E-state index contributed by atoms with van der Waals surface area (Å²) in [5, 5.41) is 10.9. The van der Waals surface area contributed by atoms with E-state index >= 15 is 0 Å². The molecule has 0 bridgehead atoms. The number of unbranched alkanes of at least 4 members (excludes halogenated alkanes) is 3. The molecule has 0 amide bonds. The van der Waals surface area contributed by atoms with Crippen molar-refractivity contribution in [3.05, 3.63) is 10.2 Å². The van der Waals surface area contributed by atoms with Crippen molar-refractivity contribution in [1.82, 2.24) is 0 Å². The van der Waals surface area contributed by atoms with Crippen LogP contribution in [0.15, 0.2) is 10.2 Å². The Morgan fingerprint density at radius 1 is 0.931 bits per heavy atom. The number of methoxy groups -OCH3 is 1. The van der Waals surface area contributed by atoms with Crippen molar-refractivity contribution in [3.8, 4) is 0 Å². The Balaban J connectivity index is 2.78. The molecule has 6 atom stereocenters. The molecule has 0 saturated carbocycles. The van der Waals surface area contributed by atoms with Gasteiger partial charge in [-0.1, -0.05) is 0 Å². The molecule has 1 N–H and O–H groups in total. The minimum absolute atomic E-state index is 0.0274.